The topological polar surface area (TPSA) is 40.5 Å². The molecule has 0 bridgehead atoms. The smallest absolute Gasteiger partial charge is 0.303 e. The Labute approximate surface area is 114 Å². The van der Waals surface area contributed by atoms with Gasteiger partial charge in [-0.25, -0.2) is 0 Å². The zero-order valence-electron chi connectivity index (χ0n) is 9.56. The van der Waals surface area contributed by atoms with Gasteiger partial charge in [-0.1, -0.05) is 0 Å². The van der Waals surface area contributed by atoms with Crippen LogP contribution in [-0.4, -0.2) is 29.1 Å². The maximum atomic E-state index is 10.6. The average molecular weight is 318 g/mol. The van der Waals surface area contributed by atoms with Gasteiger partial charge in [-0.15, -0.1) is 11.3 Å². The first-order valence-electron chi connectivity index (χ1n) is 5.80. The second kappa shape index (κ2) is 5.98. The van der Waals surface area contributed by atoms with Gasteiger partial charge < -0.3 is 5.11 Å². The summed E-state index contributed by atoms with van der Waals surface area (Å²) in [5, 5.41) is 10.9. The molecule has 5 heteroatoms. The number of rotatable bonds is 4. The lowest BCUT2D eigenvalue weighted by atomic mass is 9.94. The first-order chi connectivity index (χ1) is 8.13. The van der Waals surface area contributed by atoms with E-state index in [4.69, 9.17) is 5.11 Å². The predicted octanol–water partition coefficient (Wildman–Crippen LogP) is 3.20. The summed E-state index contributed by atoms with van der Waals surface area (Å²) in [6, 6.07) is 2.16. The molecule has 1 aromatic heterocycles. The molecule has 0 amide bonds. The second-order valence-corrected chi connectivity index (χ2v) is 6.46. The molecule has 17 heavy (non-hydrogen) atoms. The third kappa shape index (κ3) is 4.08. The molecule has 1 saturated heterocycles. The maximum absolute atomic E-state index is 10.6. The number of likely N-dealkylation sites (tertiary alicyclic amines) is 1. The highest BCUT2D eigenvalue weighted by Gasteiger charge is 2.21. The molecule has 2 rings (SSSR count). The monoisotopic (exact) mass is 317 g/mol. The van der Waals surface area contributed by atoms with Crippen LogP contribution in [0.4, 0.5) is 0 Å². The molecule has 3 nitrogen and oxygen atoms in total. The first-order valence-corrected chi connectivity index (χ1v) is 7.48. The van der Waals surface area contributed by atoms with Crippen molar-refractivity contribution < 1.29 is 9.90 Å². The molecule has 2 heterocycles. The van der Waals surface area contributed by atoms with Crippen molar-refractivity contribution in [3.63, 3.8) is 0 Å². The van der Waals surface area contributed by atoms with Crippen LogP contribution in [0.3, 0.4) is 0 Å². The van der Waals surface area contributed by atoms with E-state index in [-0.39, 0.29) is 0 Å². The minimum absolute atomic E-state index is 0.332. The van der Waals surface area contributed by atoms with Crippen molar-refractivity contribution in [3.05, 3.63) is 20.8 Å². The Morgan fingerprint density at radius 2 is 2.24 bits per heavy atom. The van der Waals surface area contributed by atoms with Gasteiger partial charge in [-0.05, 0) is 53.8 Å². The lowest BCUT2D eigenvalue weighted by Gasteiger charge is -2.30. The number of carboxylic acid groups (broad SMARTS) is 1. The largest absolute Gasteiger partial charge is 0.481 e. The average Bonchev–Trinajstić information content (AvgIpc) is 2.66. The van der Waals surface area contributed by atoms with Crippen LogP contribution in [0.1, 0.15) is 24.1 Å². The fraction of sp³-hybridized carbons (Fsp3) is 0.583. The zero-order chi connectivity index (χ0) is 12.3. The number of carbonyl (C=O) groups is 1. The van der Waals surface area contributed by atoms with Crippen LogP contribution in [0.2, 0.25) is 0 Å². The van der Waals surface area contributed by atoms with Crippen molar-refractivity contribution in [1.29, 1.82) is 0 Å². The lowest BCUT2D eigenvalue weighted by molar-refractivity contribution is -0.138. The molecule has 0 radical (unpaired) electrons. The van der Waals surface area contributed by atoms with E-state index in [1.165, 1.54) is 4.88 Å². The van der Waals surface area contributed by atoms with E-state index in [2.05, 4.69) is 32.3 Å². The van der Waals surface area contributed by atoms with E-state index < -0.39 is 5.97 Å². The van der Waals surface area contributed by atoms with Crippen LogP contribution in [-0.2, 0) is 11.3 Å². The lowest BCUT2D eigenvalue weighted by Crippen LogP contribution is -2.33. The van der Waals surface area contributed by atoms with E-state index in [1.54, 1.807) is 11.3 Å². The fourth-order valence-electron chi connectivity index (χ4n) is 2.25. The molecule has 0 aromatic carbocycles. The van der Waals surface area contributed by atoms with Gasteiger partial charge in [-0.2, -0.15) is 0 Å². The summed E-state index contributed by atoms with van der Waals surface area (Å²) >= 11 is 5.23. The minimum atomic E-state index is -0.661. The summed E-state index contributed by atoms with van der Waals surface area (Å²) in [5.41, 5.74) is 0. The number of aliphatic carboxylic acids is 1. The third-order valence-electron chi connectivity index (χ3n) is 3.17. The SMILES string of the molecule is O=C(O)CC1CCN(Cc2cc(Br)cs2)CC1. The van der Waals surface area contributed by atoms with E-state index in [9.17, 15) is 4.79 Å². The van der Waals surface area contributed by atoms with Crippen LogP contribution < -0.4 is 0 Å². The van der Waals surface area contributed by atoms with Crippen LogP contribution in [0, 0.1) is 5.92 Å². The van der Waals surface area contributed by atoms with Crippen molar-refractivity contribution in [2.75, 3.05) is 13.1 Å². The fourth-order valence-corrected chi connectivity index (χ4v) is 3.75. The third-order valence-corrected chi connectivity index (χ3v) is 4.85. The summed E-state index contributed by atoms with van der Waals surface area (Å²) < 4.78 is 1.15. The highest BCUT2D eigenvalue weighted by Crippen LogP contribution is 2.25. The molecule has 1 N–H and O–H groups in total. The molecule has 0 aliphatic carbocycles. The van der Waals surface area contributed by atoms with Crippen molar-refractivity contribution in [2.45, 2.75) is 25.8 Å². The number of carboxylic acids is 1. The Hall–Kier alpha value is -0.390. The van der Waals surface area contributed by atoms with E-state index >= 15 is 0 Å². The molecule has 0 spiro atoms. The van der Waals surface area contributed by atoms with Crippen molar-refractivity contribution >= 4 is 33.2 Å². The van der Waals surface area contributed by atoms with Crippen molar-refractivity contribution in [3.8, 4) is 0 Å². The molecule has 1 fully saturated rings. The standard InChI is InChI=1S/C12H16BrNO2S/c13-10-6-11(17-8-10)7-14-3-1-9(2-4-14)5-12(15)16/h6,8-9H,1-5,7H2,(H,15,16). The summed E-state index contributed by atoms with van der Waals surface area (Å²) in [7, 11) is 0. The molecule has 94 valence electrons. The van der Waals surface area contributed by atoms with Crippen LogP contribution in [0.25, 0.3) is 0 Å². The summed E-state index contributed by atoms with van der Waals surface area (Å²) in [6.07, 6.45) is 2.36. The normalized spacial score (nSPS) is 18.4. The number of hydrogen-bond donors (Lipinski definition) is 1. The van der Waals surface area contributed by atoms with E-state index in [1.807, 2.05) is 0 Å². The first kappa shape index (κ1) is 13.1. The minimum Gasteiger partial charge on any atom is -0.481 e. The van der Waals surface area contributed by atoms with Gasteiger partial charge in [0.1, 0.15) is 0 Å². The molecule has 0 unspecified atom stereocenters. The molecular formula is C12H16BrNO2S. The van der Waals surface area contributed by atoms with Gasteiger partial charge in [0.25, 0.3) is 0 Å². The molecule has 1 aliphatic heterocycles. The van der Waals surface area contributed by atoms with Gasteiger partial charge in [0.15, 0.2) is 0 Å². The number of thiophene rings is 1. The summed E-state index contributed by atoms with van der Waals surface area (Å²) in [5.74, 6) is -0.288. The maximum Gasteiger partial charge on any atom is 0.303 e. The molecule has 1 aliphatic rings. The molecule has 0 saturated carbocycles. The number of halogens is 1. The Balaban J connectivity index is 1.77. The Bertz CT molecular complexity index is 386. The second-order valence-electron chi connectivity index (χ2n) is 4.55. The summed E-state index contributed by atoms with van der Waals surface area (Å²) in [6.45, 7) is 3.04. The highest BCUT2D eigenvalue weighted by atomic mass is 79.9. The van der Waals surface area contributed by atoms with Crippen molar-refractivity contribution in [1.82, 2.24) is 4.90 Å². The van der Waals surface area contributed by atoms with Gasteiger partial charge in [0, 0.05) is 27.7 Å². The molecular weight excluding hydrogens is 302 g/mol. The Kier molecular flexibility index (Phi) is 4.59. The van der Waals surface area contributed by atoms with Gasteiger partial charge >= 0.3 is 5.97 Å². The molecule has 1 aromatic rings. The van der Waals surface area contributed by atoms with Crippen LogP contribution in [0.15, 0.2) is 15.9 Å². The Morgan fingerprint density at radius 3 is 2.76 bits per heavy atom. The van der Waals surface area contributed by atoms with Gasteiger partial charge in [0.05, 0.1) is 0 Å². The van der Waals surface area contributed by atoms with Gasteiger partial charge in [0.2, 0.25) is 0 Å². The number of hydrogen-bond acceptors (Lipinski definition) is 3. The van der Waals surface area contributed by atoms with Crippen LogP contribution in [0.5, 0.6) is 0 Å². The zero-order valence-corrected chi connectivity index (χ0v) is 12.0. The van der Waals surface area contributed by atoms with E-state index in [0.29, 0.717) is 12.3 Å². The highest BCUT2D eigenvalue weighted by molar-refractivity contribution is 9.10. The quantitative estimate of drug-likeness (QED) is 0.927. The van der Waals surface area contributed by atoms with Crippen molar-refractivity contribution in [2.24, 2.45) is 5.92 Å². The van der Waals surface area contributed by atoms with Crippen LogP contribution >= 0.6 is 27.3 Å². The molecule has 0 atom stereocenters. The van der Waals surface area contributed by atoms with Gasteiger partial charge in [-0.3, -0.25) is 9.69 Å². The van der Waals surface area contributed by atoms with E-state index in [0.717, 1.165) is 36.9 Å². The Morgan fingerprint density at radius 1 is 1.53 bits per heavy atom. The summed E-state index contributed by atoms with van der Waals surface area (Å²) in [4.78, 5) is 14.4. The number of nitrogens with zero attached hydrogens (tertiary/aromatic N) is 1. The predicted molar refractivity (Wildman–Crippen MR) is 72.3 cm³/mol. The number of piperidine rings is 1.